The van der Waals surface area contributed by atoms with Gasteiger partial charge in [0.05, 0.1) is 19.3 Å². The molecular weight excluding hydrogens is 206 g/mol. The summed E-state index contributed by atoms with van der Waals surface area (Å²) in [5, 5.41) is 9.81. The number of carbonyl (C=O) groups excluding carboxylic acids is 1. The molecule has 0 saturated heterocycles. The molecule has 2 unspecified atom stereocenters. The lowest BCUT2D eigenvalue weighted by Gasteiger charge is -2.30. The lowest BCUT2D eigenvalue weighted by atomic mass is 9.86. The van der Waals surface area contributed by atoms with Crippen LogP contribution >= 0.6 is 0 Å². The van der Waals surface area contributed by atoms with Gasteiger partial charge in [0.25, 0.3) is 0 Å². The Morgan fingerprint density at radius 2 is 2.12 bits per heavy atom. The van der Waals surface area contributed by atoms with E-state index in [9.17, 15) is 9.90 Å². The van der Waals surface area contributed by atoms with Crippen LogP contribution in [0, 0.1) is 5.92 Å². The van der Waals surface area contributed by atoms with Gasteiger partial charge in [-0.3, -0.25) is 9.69 Å². The molecule has 4 nitrogen and oxygen atoms in total. The van der Waals surface area contributed by atoms with E-state index >= 15 is 0 Å². The van der Waals surface area contributed by atoms with Crippen LogP contribution < -0.4 is 0 Å². The molecule has 0 bridgehead atoms. The molecule has 0 heterocycles. The standard InChI is InChI=1S/C12H23NO3/c1-3-16-12(15)9-13(2)8-10-6-4-5-7-11(10)14/h10-11,14H,3-9H2,1-2H3. The quantitative estimate of drug-likeness (QED) is 0.715. The highest BCUT2D eigenvalue weighted by Gasteiger charge is 2.24. The number of aliphatic hydroxyl groups is 1. The highest BCUT2D eigenvalue weighted by Crippen LogP contribution is 2.24. The number of likely N-dealkylation sites (N-methyl/N-ethyl adjacent to an activating group) is 1. The Bertz CT molecular complexity index is 220. The van der Waals surface area contributed by atoms with Crippen LogP contribution in [0.2, 0.25) is 0 Å². The van der Waals surface area contributed by atoms with E-state index in [0.29, 0.717) is 19.1 Å². The van der Waals surface area contributed by atoms with Crippen molar-refractivity contribution in [1.82, 2.24) is 4.90 Å². The van der Waals surface area contributed by atoms with Crippen LogP contribution in [0.15, 0.2) is 0 Å². The largest absolute Gasteiger partial charge is 0.465 e. The van der Waals surface area contributed by atoms with Crippen molar-refractivity contribution >= 4 is 5.97 Å². The molecule has 1 aliphatic rings. The molecule has 94 valence electrons. The Hall–Kier alpha value is -0.610. The molecule has 0 amide bonds. The molecule has 1 rings (SSSR count). The maximum atomic E-state index is 11.3. The van der Waals surface area contributed by atoms with Crippen LogP contribution in [0.25, 0.3) is 0 Å². The molecule has 0 aromatic rings. The molecule has 2 atom stereocenters. The summed E-state index contributed by atoms with van der Waals surface area (Å²) < 4.78 is 4.89. The summed E-state index contributed by atoms with van der Waals surface area (Å²) in [4.78, 5) is 13.2. The molecule has 16 heavy (non-hydrogen) atoms. The van der Waals surface area contributed by atoms with Crippen molar-refractivity contribution in [3.05, 3.63) is 0 Å². The van der Waals surface area contributed by atoms with Gasteiger partial charge in [0.2, 0.25) is 0 Å². The number of rotatable bonds is 5. The van der Waals surface area contributed by atoms with Crippen LogP contribution in [0.5, 0.6) is 0 Å². The van der Waals surface area contributed by atoms with Gasteiger partial charge in [-0.15, -0.1) is 0 Å². The zero-order chi connectivity index (χ0) is 12.0. The van der Waals surface area contributed by atoms with Gasteiger partial charge < -0.3 is 9.84 Å². The van der Waals surface area contributed by atoms with Crippen LogP contribution in [0.4, 0.5) is 0 Å². The number of hydrogen-bond donors (Lipinski definition) is 1. The second kappa shape index (κ2) is 6.86. The zero-order valence-electron chi connectivity index (χ0n) is 10.3. The molecule has 0 aliphatic heterocycles. The predicted octanol–water partition coefficient (Wildman–Crippen LogP) is 1.03. The first-order chi connectivity index (χ1) is 7.63. The van der Waals surface area contributed by atoms with Gasteiger partial charge in [0, 0.05) is 6.54 Å². The first kappa shape index (κ1) is 13.5. The van der Waals surface area contributed by atoms with E-state index in [2.05, 4.69) is 0 Å². The molecule has 4 heteroatoms. The molecule has 1 saturated carbocycles. The summed E-state index contributed by atoms with van der Waals surface area (Å²) >= 11 is 0. The van der Waals surface area contributed by atoms with E-state index in [1.807, 2.05) is 18.9 Å². The first-order valence-corrected chi connectivity index (χ1v) is 6.15. The average Bonchev–Trinajstić information content (AvgIpc) is 2.21. The highest BCUT2D eigenvalue weighted by atomic mass is 16.5. The van der Waals surface area contributed by atoms with Gasteiger partial charge in [-0.2, -0.15) is 0 Å². The van der Waals surface area contributed by atoms with Gasteiger partial charge in [0.1, 0.15) is 0 Å². The summed E-state index contributed by atoms with van der Waals surface area (Å²) in [7, 11) is 1.90. The third-order valence-corrected chi connectivity index (χ3v) is 3.12. The van der Waals surface area contributed by atoms with E-state index in [0.717, 1.165) is 25.8 Å². The van der Waals surface area contributed by atoms with Crippen LogP contribution in [0.1, 0.15) is 32.6 Å². The number of hydrogen-bond acceptors (Lipinski definition) is 4. The van der Waals surface area contributed by atoms with Crippen LogP contribution in [-0.4, -0.2) is 48.8 Å². The Morgan fingerprint density at radius 1 is 1.44 bits per heavy atom. The third-order valence-electron chi connectivity index (χ3n) is 3.12. The number of carbonyl (C=O) groups is 1. The molecule has 0 spiro atoms. The summed E-state index contributed by atoms with van der Waals surface area (Å²) in [6.07, 6.45) is 4.08. The topological polar surface area (TPSA) is 49.8 Å². The van der Waals surface area contributed by atoms with E-state index < -0.39 is 0 Å². The molecular formula is C12H23NO3. The molecule has 1 aliphatic carbocycles. The number of aliphatic hydroxyl groups excluding tert-OH is 1. The second-order valence-electron chi connectivity index (χ2n) is 4.61. The summed E-state index contributed by atoms with van der Waals surface area (Å²) in [5.41, 5.74) is 0. The lowest BCUT2D eigenvalue weighted by molar-refractivity contribution is -0.144. The van der Waals surface area contributed by atoms with Crippen molar-refractivity contribution in [3.63, 3.8) is 0 Å². The summed E-state index contributed by atoms with van der Waals surface area (Å²) in [5.74, 6) is 0.128. The summed E-state index contributed by atoms with van der Waals surface area (Å²) in [6, 6.07) is 0. The van der Waals surface area contributed by atoms with E-state index in [1.165, 1.54) is 6.42 Å². The third kappa shape index (κ3) is 4.49. The van der Waals surface area contributed by atoms with Crippen molar-refractivity contribution in [1.29, 1.82) is 0 Å². The van der Waals surface area contributed by atoms with Crippen molar-refractivity contribution in [2.45, 2.75) is 38.7 Å². The molecule has 0 radical (unpaired) electrons. The van der Waals surface area contributed by atoms with Gasteiger partial charge in [-0.25, -0.2) is 0 Å². The van der Waals surface area contributed by atoms with Crippen LogP contribution in [0.3, 0.4) is 0 Å². The average molecular weight is 229 g/mol. The Labute approximate surface area is 97.6 Å². The van der Waals surface area contributed by atoms with Crippen molar-refractivity contribution in [3.8, 4) is 0 Å². The molecule has 1 N–H and O–H groups in total. The van der Waals surface area contributed by atoms with Crippen molar-refractivity contribution in [2.24, 2.45) is 5.92 Å². The van der Waals surface area contributed by atoms with E-state index in [1.54, 1.807) is 0 Å². The number of esters is 1. The van der Waals surface area contributed by atoms with Crippen LogP contribution in [-0.2, 0) is 9.53 Å². The van der Waals surface area contributed by atoms with Crippen molar-refractivity contribution in [2.75, 3.05) is 26.7 Å². The van der Waals surface area contributed by atoms with E-state index in [-0.39, 0.29) is 12.1 Å². The second-order valence-corrected chi connectivity index (χ2v) is 4.61. The fraction of sp³-hybridized carbons (Fsp3) is 0.917. The molecule has 1 fully saturated rings. The maximum Gasteiger partial charge on any atom is 0.320 e. The number of nitrogens with zero attached hydrogens (tertiary/aromatic N) is 1. The number of ether oxygens (including phenoxy) is 1. The fourth-order valence-electron chi connectivity index (χ4n) is 2.29. The minimum absolute atomic E-state index is 0.185. The lowest BCUT2D eigenvalue weighted by Crippen LogP contribution is -2.37. The minimum atomic E-state index is -0.196. The monoisotopic (exact) mass is 229 g/mol. The minimum Gasteiger partial charge on any atom is -0.465 e. The molecule has 0 aromatic heterocycles. The van der Waals surface area contributed by atoms with E-state index in [4.69, 9.17) is 4.74 Å². The SMILES string of the molecule is CCOC(=O)CN(C)CC1CCCCC1O. The smallest absolute Gasteiger partial charge is 0.320 e. The van der Waals surface area contributed by atoms with Gasteiger partial charge in [0.15, 0.2) is 0 Å². The normalized spacial score (nSPS) is 25.8. The Balaban J connectivity index is 2.26. The fourth-order valence-corrected chi connectivity index (χ4v) is 2.29. The first-order valence-electron chi connectivity index (χ1n) is 6.15. The highest BCUT2D eigenvalue weighted by molar-refractivity contribution is 5.71. The van der Waals surface area contributed by atoms with Gasteiger partial charge >= 0.3 is 5.97 Å². The van der Waals surface area contributed by atoms with Gasteiger partial charge in [-0.1, -0.05) is 12.8 Å². The zero-order valence-corrected chi connectivity index (χ0v) is 10.3. The molecule has 0 aromatic carbocycles. The van der Waals surface area contributed by atoms with Crippen molar-refractivity contribution < 1.29 is 14.6 Å². The maximum absolute atomic E-state index is 11.3. The Kier molecular flexibility index (Phi) is 5.77. The Morgan fingerprint density at radius 3 is 2.75 bits per heavy atom. The summed E-state index contributed by atoms with van der Waals surface area (Å²) in [6.45, 7) is 3.33. The predicted molar refractivity (Wildman–Crippen MR) is 62.1 cm³/mol. The van der Waals surface area contributed by atoms with Gasteiger partial charge in [-0.05, 0) is 32.7 Å².